The number of oxazole rings is 1. The second-order valence-corrected chi connectivity index (χ2v) is 8.61. The number of anilines is 1. The number of nitrogens with one attached hydrogen (secondary N) is 1. The first kappa shape index (κ1) is 17.0. The molecule has 1 aliphatic heterocycles. The summed E-state index contributed by atoms with van der Waals surface area (Å²) < 4.78 is 11.3. The molecule has 5 rings (SSSR count). The minimum atomic E-state index is -0.137. The lowest BCUT2D eigenvalue weighted by Crippen LogP contribution is -2.66. The Labute approximate surface area is 165 Å². The molecule has 1 aliphatic carbocycles. The third kappa shape index (κ3) is 2.99. The number of carbonyl (C=O) groups is 1. The highest BCUT2D eigenvalue weighted by molar-refractivity contribution is 7.98. The summed E-state index contributed by atoms with van der Waals surface area (Å²) in [6, 6.07) is 9.84. The third-order valence-corrected chi connectivity index (χ3v) is 6.22. The molecular formula is C19H18ClN3O3S. The van der Waals surface area contributed by atoms with Crippen LogP contribution in [0.4, 0.5) is 6.01 Å². The van der Waals surface area contributed by atoms with Crippen molar-refractivity contribution < 1.29 is 13.6 Å². The lowest BCUT2D eigenvalue weighted by molar-refractivity contribution is 0.0403. The van der Waals surface area contributed by atoms with Gasteiger partial charge in [-0.3, -0.25) is 4.79 Å². The van der Waals surface area contributed by atoms with Crippen LogP contribution < -0.4 is 10.2 Å². The number of fused-ring (bicyclic) bond motifs is 1. The molecule has 1 N–H and O–H groups in total. The fraction of sp³-hybridized carbons (Fsp3) is 0.368. The van der Waals surface area contributed by atoms with Crippen LogP contribution in [-0.4, -0.2) is 36.3 Å². The predicted molar refractivity (Wildman–Crippen MR) is 105 cm³/mol. The molecule has 1 amide bonds. The van der Waals surface area contributed by atoms with Gasteiger partial charge in [0.05, 0.1) is 0 Å². The lowest BCUT2D eigenvalue weighted by Gasteiger charge is -2.58. The number of benzene rings is 1. The van der Waals surface area contributed by atoms with Gasteiger partial charge in [0.1, 0.15) is 5.52 Å². The van der Waals surface area contributed by atoms with Gasteiger partial charge in [-0.2, -0.15) is 4.98 Å². The number of thioether (sulfide) groups is 1. The zero-order valence-electron chi connectivity index (χ0n) is 14.7. The Morgan fingerprint density at radius 1 is 1.30 bits per heavy atom. The monoisotopic (exact) mass is 403 g/mol. The van der Waals surface area contributed by atoms with Crippen LogP contribution in [0.15, 0.2) is 44.3 Å². The highest BCUT2D eigenvalue weighted by Gasteiger charge is 2.53. The summed E-state index contributed by atoms with van der Waals surface area (Å²) in [6.45, 7) is 1.80. The summed E-state index contributed by atoms with van der Waals surface area (Å²) in [5, 5.41) is 4.47. The number of rotatable bonds is 4. The van der Waals surface area contributed by atoms with Gasteiger partial charge in [-0.1, -0.05) is 23.4 Å². The molecular weight excluding hydrogens is 386 g/mol. The van der Waals surface area contributed by atoms with E-state index in [1.807, 2.05) is 24.5 Å². The van der Waals surface area contributed by atoms with Gasteiger partial charge >= 0.3 is 0 Å². The molecule has 3 aromatic rings. The summed E-state index contributed by atoms with van der Waals surface area (Å²) in [6.07, 6.45) is 3.86. The van der Waals surface area contributed by atoms with Crippen LogP contribution in [0.25, 0.3) is 11.1 Å². The Bertz CT molecular complexity index is 1020. The molecule has 0 radical (unpaired) electrons. The van der Waals surface area contributed by atoms with Gasteiger partial charge in [0, 0.05) is 29.6 Å². The van der Waals surface area contributed by atoms with Crippen molar-refractivity contribution in [2.24, 2.45) is 5.41 Å². The maximum atomic E-state index is 12.2. The highest BCUT2D eigenvalue weighted by atomic mass is 35.5. The molecule has 6 nitrogen and oxygen atoms in total. The zero-order chi connectivity index (χ0) is 18.6. The van der Waals surface area contributed by atoms with Crippen LogP contribution in [0.5, 0.6) is 0 Å². The van der Waals surface area contributed by atoms with E-state index < -0.39 is 0 Å². The van der Waals surface area contributed by atoms with Crippen LogP contribution >= 0.6 is 23.4 Å². The molecule has 1 spiro atoms. The van der Waals surface area contributed by atoms with E-state index in [0.29, 0.717) is 16.8 Å². The van der Waals surface area contributed by atoms with Crippen molar-refractivity contribution in [2.45, 2.75) is 24.0 Å². The molecule has 140 valence electrons. The predicted octanol–water partition coefficient (Wildman–Crippen LogP) is 4.19. The molecule has 0 atom stereocenters. The first-order valence-corrected chi connectivity index (χ1v) is 10.4. The molecule has 2 aromatic heterocycles. The van der Waals surface area contributed by atoms with Gasteiger partial charge in [-0.15, -0.1) is 0 Å². The van der Waals surface area contributed by atoms with Gasteiger partial charge in [0.25, 0.3) is 11.9 Å². The zero-order valence-corrected chi connectivity index (χ0v) is 16.3. The average Bonchev–Trinajstić information content (AvgIpc) is 3.21. The minimum absolute atomic E-state index is 0.137. The van der Waals surface area contributed by atoms with Gasteiger partial charge in [0.15, 0.2) is 16.4 Å². The number of aromatic nitrogens is 1. The molecule has 1 saturated carbocycles. The quantitative estimate of drug-likeness (QED) is 0.658. The highest BCUT2D eigenvalue weighted by Crippen LogP contribution is 2.49. The van der Waals surface area contributed by atoms with Crippen molar-refractivity contribution in [2.75, 3.05) is 24.2 Å². The van der Waals surface area contributed by atoms with Crippen LogP contribution in [0.2, 0.25) is 5.02 Å². The summed E-state index contributed by atoms with van der Waals surface area (Å²) >= 11 is 7.49. The van der Waals surface area contributed by atoms with Crippen LogP contribution in [0.3, 0.4) is 0 Å². The number of carbonyl (C=O) groups excluding carboxylic acids is 1. The maximum Gasteiger partial charge on any atom is 0.298 e. The maximum absolute atomic E-state index is 12.2. The number of furan rings is 1. The van der Waals surface area contributed by atoms with Gasteiger partial charge in [-0.05, 0) is 49.4 Å². The molecule has 27 heavy (non-hydrogen) atoms. The second-order valence-electron chi connectivity index (χ2n) is 7.37. The van der Waals surface area contributed by atoms with Crippen LogP contribution in [0.1, 0.15) is 23.4 Å². The van der Waals surface area contributed by atoms with E-state index in [1.165, 1.54) is 11.8 Å². The van der Waals surface area contributed by atoms with Gasteiger partial charge in [0.2, 0.25) is 0 Å². The smallest absolute Gasteiger partial charge is 0.298 e. The number of halogens is 1. The van der Waals surface area contributed by atoms with Crippen molar-refractivity contribution in [3.05, 3.63) is 41.1 Å². The molecule has 0 unspecified atom stereocenters. The topological polar surface area (TPSA) is 71.5 Å². The average molecular weight is 404 g/mol. The molecule has 8 heteroatoms. The van der Waals surface area contributed by atoms with E-state index in [-0.39, 0.29) is 17.4 Å². The van der Waals surface area contributed by atoms with Crippen molar-refractivity contribution in [3.63, 3.8) is 0 Å². The van der Waals surface area contributed by atoms with Crippen LogP contribution in [-0.2, 0) is 0 Å². The Morgan fingerprint density at radius 3 is 2.85 bits per heavy atom. The Kier molecular flexibility index (Phi) is 3.91. The third-order valence-electron chi connectivity index (χ3n) is 5.36. The minimum Gasteiger partial charge on any atom is -0.445 e. The SMILES string of the molecule is CSc1ccc(C(=O)NC2CC3(C2)CN(c2nc4cc(Cl)ccc4o2)C3)o1. The van der Waals surface area contributed by atoms with E-state index in [9.17, 15) is 4.79 Å². The van der Waals surface area contributed by atoms with E-state index in [4.69, 9.17) is 20.4 Å². The van der Waals surface area contributed by atoms with Crippen LogP contribution in [0, 0.1) is 5.41 Å². The van der Waals surface area contributed by atoms with E-state index >= 15 is 0 Å². The van der Waals surface area contributed by atoms with Crippen molar-refractivity contribution in [1.29, 1.82) is 0 Å². The summed E-state index contributed by atoms with van der Waals surface area (Å²) in [5.41, 5.74) is 1.78. The van der Waals surface area contributed by atoms with Crippen molar-refractivity contribution >= 4 is 46.4 Å². The summed E-state index contributed by atoms with van der Waals surface area (Å²) in [7, 11) is 0. The number of hydrogen-bond acceptors (Lipinski definition) is 6. The lowest BCUT2D eigenvalue weighted by atomic mass is 9.61. The number of nitrogens with zero attached hydrogens (tertiary/aromatic N) is 2. The van der Waals surface area contributed by atoms with Gasteiger partial charge in [-0.25, -0.2) is 0 Å². The Balaban J connectivity index is 1.16. The standard InChI is InChI=1S/C19H18ClN3O3S/c1-27-16-5-4-15(25-16)17(24)21-12-7-19(8-12)9-23(10-19)18-22-13-6-11(20)2-3-14(13)26-18/h2-6,12H,7-10H2,1H3,(H,21,24). The normalized spacial score (nSPS) is 18.5. The van der Waals surface area contributed by atoms with Gasteiger partial charge < -0.3 is 19.1 Å². The fourth-order valence-corrected chi connectivity index (χ4v) is 4.62. The molecule has 1 aromatic carbocycles. The molecule has 1 saturated heterocycles. The fourth-order valence-electron chi connectivity index (χ4n) is 4.08. The molecule has 0 bridgehead atoms. The largest absolute Gasteiger partial charge is 0.445 e. The van der Waals surface area contributed by atoms with E-state index in [2.05, 4.69) is 15.2 Å². The first-order valence-electron chi connectivity index (χ1n) is 8.79. The summed E-state index contributed by atoms with van der Waals surface area (Å²) in [5.74, 6) is 0.239. The first-order chi connectivity index (χ1) is 13.0. The summed E-state index contributed by atoms with van der Waals surface area (Å²) in [4.78, 5) is 18.9. The van der Waals surface area contributed by atoms with E-state index in [1.54, 1.807) is 12.1 Å². The Morgan fingerprint density at radius 2 is 2.11 bits per heavy atom. The Hall–Kier alpha value is -2.12. The molecule has 2 fully saturated rings. The molecule has 3 heterocycles. The second kappa shape index (κ2) is 6.21. The molecule has 2 aliphatic rings. The van der Waals surface area contributed by atoms with Crippen molar-refractivity contribution in [3.8, 4) is 0 Å². The number of amides is 1. The van der Waals surface area contributed by atoms with Crippen molar-refractivity contribution in [1.82, 2.24) is 10.3 Å². The number of hydrogen-bond donors (Lipinski definition) is 1. The van der Waals surface area contributed by atoms with E-state index in [0.717, 1.165) is 42.1 Å².